The van der Waals surface area contributed by atoms with Crippen LogP contribution in [0.15, 0.2) is 6.07 Å². The molecule has 1 amide bonds. The lowest BCUT2D eigenvalue weighted by molar-refractivity contribution is 0.102. The highest BCUT2D eigenvalue weighted by Gasteiger charge is 2.25. The lowest BCUT2D eigenvalue weighted by Gasteiger charge is -2.17. The number of aryl methyl sites for hydroxylation is 1. The zero-order valence-electron chi connectivity index (χ0n) is 14.5. The van der Waals surface area contributed by atoms with Gasteiger partial charge in [-0.05, 0) is 57.6 Å². The van der Waals surface area contributed by atoms with Gasteiger partial charge in [-0.1, -0.05) is 6.92 Å². The molecular formula is C18H22N4OS. The first-order chi connectivity index (χ1) is 11.4. The number of anilines is 1. The number of hydrogen-bond donors (Lipinski definition) is 1. The molecule has 2 aromatic rings. The van der Waals surface area contributed by atoms with E-state index in [-0.39, 0.29) is 11.9 Å². The first-order valence-electron chi connectivity index (χ1n) is 8.32. The van der Waals surface area contributed by atoms with Crippen molar-refractivity contribution < 1.29 is 4.79 Å². The third-order valence-electron chi connectivity index (χ3n) is 4.49. The van der Waals surface area contributed by atoms with Gasteiger partial charge >= 0.3 is 0 Å². The van der Waals surface area contributed by atoms with E-state index < -0.39 is 0 Å². The molecular weight excluding hydrogens is 320 g/mol. The second kappa shape index (κ2) is 6.40. The maximum absolute atomic E-state index is 12.6. The number of amides is 1. The Kier molecular flexibility index (Phi) is 4.46. The Morgan fingerprint density at radius 3 is 2.92 bits per heavy atom. The van der Waals surface area contributed by atoms with Crippen LogP contribution in [-0.4, -0.2) is 15.7 Å². The van der Waals surface area contributed by atoms with Crippen molar-refractivity contribution in [3.63, 3.8) is 0 Å². The number of hydrogen-bond acceptors (Lipinski definition) is 4. The SMILES string of the molecule is Cc1cc(C(=O)Nc2sc3c(c2C#N)CC[C@H](C)C3)nn1C(C)C. The fourth-order valence-electron chi connectivity index (χ4n) is 3.25. The first-order valence-corrected chi connectivity index (χ1v) is 9.14. The molecule has 0 radical (unpaired) electrons. The van der Waals surface area contributed by atoms with Gasteiger partial charge in [0.05, 0.1) is 5.56 Å². The number of carbonyl (C=O) groups is 1. The van der Waals surface area contributed by atoms with Gasteiger partial charge in [0.2, 0.25) is 0 Å². The smallest absolute Gasteiger partial charge is 0.276 e. The Labute approximate surface area is 146 Å². The minimum absolute atomic E-state index is 0.205. The number of fused-ring (bicyclic) bond motifs is 1. The molecule has 2 aromatic heterocycles. The zero-order chi connectivity index (χ0) is 17.4. The van der Waals surface area contributed by atoms with Crippen LogP contribution in [0.25, 0.3) is 0 Å². The van der Waals surface area contributed by atoms with Crippen molar-refractivity contribution in [3.05, 3.63) is 33.5 Å². The van der Waals surface area contributed by atoms with Crippen LogP contribution in [0.1, 0.15) is 65.4 Å². The standard InChI is InChI=1S/C18H22N4OS/c1-10(2)22-12(4)8-15(21-22)17(23)20-18-14(9-19)13-6-5-11(3)7-16(13)24-18/h8,10-11H,5-7H2,1-4H3,(H,20,23)/t11-/m0/s1. The first kappa shape index (κ1) is 16.7. The van der Waals surface area contributed by atoms with Crippen LogP contribution in [0.5, 0.6) is 0 Å². The van der Waals surface area contributed by atoms with Crippen LogP contribution in [-0.2, 0) is 12.8 Å². The van der Waals surface area contributed by atoms with E-state index in [9.17, 15) is 10.1 Å². The van der Waals surface area contributed by atoms with Crippen LogP contribution in [0.2, 0.25) is 0 Å². The maximum Gasteiger partial charge on any atom is 0.276 e. The fourth-order valence-corrected chi connectivity index (χ4v) is 4.60. The lowest BCUT2D eigenvalue weighted by atomic mass is 9.89. The quantitative estimate of drug-likeness (QED) is 0.913. The largest absolute Gasteiger partial charge is 0.311 e. The van der Waals surface area contributed by atoms with Crippen LogP contribution in [0.3, 0.4) is 0 Å². The summed E-state index contributed by atoms with van der Waals surface area (Å²) in [5.41, 5.74) is 3.11. The minimum Gasteiger partial charge on any atom is -0.311 e. The second-order valence-electron chi connectivity index (χ2n) is 6.83. The van der Waals surface area contributed by atoms with Crippen molar-refractivity contribution in [2.75, 3.05) is 5.32 Å². The zero-order valence-corrected chi connectivity index (χ0v) is 15.3. The van der Waals surface area contributed by atoms with E-state index in [4.69, 9.17) is 0 Å². The van der Waals surface area contributed by atoms with Gasteiger partial charge in [-0.3, -0.25) is 9.48 Å². The molecule has 3 rings (SSSR count). The van der Waals surface area contributed by atoms with Crippen molar-refractivity contribution in [3.8, 4) is 6.07 Å². The van der Waals surface area contributed by atoms with E-state index in [1.807, 2.05) is 25.5 Å². The Hall–Kier alpha value is -2.13. The number of thiophene rings is 1. The average molecular weight is 342 g/mol. The third-order valence-corrected chi connectivity index (χ3v) is 5.66. The summed E-state index contributed by atoms with van der Waals surface area (Å²) in [6, 6.07) is 4.27. The number of nitrogens with one attached hydrogen (secondary N) is 1. The van der Waals surface area contributed by atoms with Crippen molar-refractivity contribution in [2.24, 2.45) is 5.92 Å². The van der Waals surface area contributed by atoms with Crippen LogP contribution in [0, 0.1) is 24.2 Å². The van der Waals surface area contributed by atoms with E-state index in [1.165, 1.54) is 4.88 Å². The molecule has 6 heteroatoms. The van der Waals surface area contributed by atoms with Crippen molar-refractivity contribution in [1.29, 1.82) is 5.26 Å². The Morgan fingerprint density at radius 1 is 1.54 bits per heavy atom. The molecule has 126 valence electrons. The number of carbonyl (C=O) groups excluding carboxylic acids is 1. The summed E-state index contributed by atoms with van der Waals surface area (Å²) in [5.74, 6) is 0.385. The van der Waals surface area contributed by atoms with Crippen LogP contribution in [0.4, 0.5) is 5.00 Å². The van der Waals surface area contributed by atoms with E-state index in [0.29, 0.717) is 22.2 Å². The molecule has 1 N–H and O–H groups in total. The summed E-state index contributed by atoms with van der Waals surface area (Å²) in [7, 11) is 0. The van der Waals surface area contributed by atoms with E-state index in [1.54, 1.807) is 17.4 Å². The number of rotatable bonds is 3. The molecule has 0 spiro atoms. The average Bonchev–Trinajstić information content (AvgIpc) is 3.06. The van der Waals surface area contributed by atoms with Crippen molar-refractivity contribution >= 4 is 22.2 Å². The molecule has 1 aliphatic carbocycles. The predicted octanol–water partition coefficient (Wildman–Crippen LogP) is 4.08. The fraction of sp³-hybridized carbons (Fsp3) is 0.500. The summed E-state index contributed by atoms with van der Waals surface area (Å²) in [6.45, 7) is 8.23. The van der Waals surface area contributed by atoms with E-state index >= 15 is 0 Å². The molecule has 1 aliphatic rings. The molecule has 0 saturated heterocycles. The molecule has 2 heterocycles. The summed E-state index contributed by atoms with van der Waals surface area (Å²) in [4.78, 5) is 13.8. The highest BCUT2D eigenvalue weighted by molar-refractivity contribution is 7.16. The highest BCUT2D eigenvalue weighted by atomic mass is 32.1. The van der Waals surface area contributed by atoms with Gasteiger partial charge in [-0.25, -0.2) is 0 Å². The Bertz CT molecular complexity index is 825. The molecule has 0 aliphatic heterocycles. The summed E-state index contributed by atoms with van der Waals surface area (Å²) < 4.78 is 1.83. The molecule has 0 bridgehead atoms. The van der Waals surface area contributed by atoms with Crippen LogP contribution >= 0.6 is 11.3 Å². The second-order valence-corrected chi connectivity index (χ2v) is 7.94. The molecule has 5 nitrogen and oxygen atoms in total. The normalized spacial score (nSPS) is 16.8. The number of nitriles is 1. The lowest BCUT2D eigenvalue weighted by Crippen LogP contribution is -2.14. The van der Waals surface area contributed by atoms with Crippen molar-refractivity contribution in [2.45, 2.75) is 53.0 Å². The topological polar surface area (TPSA) is 70.7 Å². The highest BCUT2D eigenvalue weighted by Crippen LogP contribution is 2.39. The molecule has 0 fully saturated rings. The number of aromatic nitrogens is 2. The third kappa shape index (κ3) is 2.96. The van der Waals surface area contributed by atoms with Gasteiger partial charge in [-0.2, -0.15) is 10.4 Å². The van der Waals surface area contributed by atoms with Gasteiger partial charge in [0, 0.05) is 16.6 Å². The van der Waals surface area contributed by atoms with E-state index in [0.717, 1.165) is 30.5 Å². The molecule has 0 aromatic carbocycles. The van der Waals surface area contributed by atoms with E-state index in [2.05, 4.69) is 23.4 Å². The minimum atomic E-state index is -0.249. The van der Waals surface area contributed by atoms with Gasteiger partial charge in [0.25, 0.3) is 5.91 Å². The van der Waals surface area contributed by atoms with Crippen LogP contribution < -0.4 is 5.32 Å². The van der Waals surface area contributed by atoms with Gasteiger partial charge < -0.3 is 5.32 Å². The molecule has 24 heavy (non-hydrogen) atoms. The van der Waals surface area contributed by atoms with Gasteiger partial charge in [-0.15, -0.1) is 11.3 Å². The van der Waals surface area contributed by atoms with Crippen molar-refractivity contribution in [1.82, 2.24) is 9.78 Å². The maximum atomic E-state index is 12.6. The molecule has 1 atom stereocenters. The summed E-state index contributed by atoms with van der Waals surface area (Å²) in [5, 5.41) is 17.5. The summed E-state index contributed by atoms with van der Waals surface area (Å²) >= 11 is 1.54. The monoisotopic (exact) mass is 342 g/mol. The molecule has 0 unspecified atom stereocenters. The van der Waals surface area contributed by atoms with Gasteiger partial charge in [0.15, 0.2) is 5.69 Å². The molecule has 0 saturated carbocycles. The predicted molar refractivity (Wildman–Crippen MR) is 95.5 cm³/mol. The van der Waals surface area contributed by atoms with Gasteiger partial charge in [0.1, 0.15) is 11.1 Å². The Balaban J connectivity index is 1.87. The Morgan fingerprint density at radius 2 is 2.29 bits per heavy atom. The summed E-state index contributed by atoms with van der Waals surface area (Å²) in [6.07, 6.45) is 3.02. The number of nitrogens with zero attached hydrogens (tertiary/aromatic N) is 3.